The van der Waals surface area contributed by atoms with Crippen LogP contribution in [0.25, 0.3) is 0 Å². The van der Waals surface area contributed by atoms with Gasteiger partial charge in [-0.1, -0.05) is 29.8 Å². The number of benzene rings is 1. The lowest BCUT2D eigenvalue weighted by Gasteiger charge is -2.10. The second-order valence-corrected chi connectivity index (χ2v) is 9.02. The molecule has 0 saturated heterocycles. The van der Waals surface area contributed by atoms with E-state index in [-0.39, 0.29) is 0 Å². The summed E-state index contributed by atoms with van der Waals surface area (Å²) >= 11 is 18.7. The molecule has 3 aromatic rings. The van der Waals surface area contributed by atoms with Crippen LogP contribution in [-0.2, 0) is 13.1 Å². The van der Waals surface area contributed by atoms with Gasteiger partial charge in [0.2, 0.25) is 0 Å². The summed E-state index contributed by atoms with van der Waals surface area (Å²) in [6.45, 7) is 6.19. The molecule has 0 unspecified atom stereocenters. The van der Waals surface area contributed by atoms with Gasteiger partial charge in [0, 0.05) is 30.0 Å². The van der Waals surface area contributed by atoms with Crippen LogP contribution in [0.2, 0.25) is 5.02 Å². The molecule has 0 radical (unpaired) electrons. The van der Waals surface area contributed by atoms with Gasteiger partial charge in [-0.15, -0.1) is 0 Å². The first-order valence-corrected chi connectivity index (χ1v) is 11.4. The Bertz CT molecular complexity index is 1020. The van der Waals surface area contributed by atoms with Crippen LogP contribution >= 0.6 is 55.7 Å². The van der Waals surface area contributed by atoms with E-state index < -0.39 is 0 Å². The number of nitrogens with one attached hydrogen (secondary N) is 2. The third kappa shape index (κ3) is 5.81. The molecule has 0 spiro atoms. The normalized spacial score (nSPS) is 10.9. The molecule has 29 heavy (non-hydrogen) atoms. The van der Waals surface area contributed by atoms with Crippen molar-refractivity contribution in [2.24, 2.45) is 0 Å². The molecule has 0 saturated carbocycles. The minimum atomic E-state index is 0.531. The zero-order valence-electron chi connectivity index (χ0n) is 16.0. The second kappa shape index (κ2) is 10.1. The van der Waals surface area contributed by atoms with Crippen molar-refractivity contribution in [2.75, 3.05) is 11.9 Å². The summed E-state index contributed by atoms with van der Waals surface area (Å²) in [5.41, 5.74) is 3.15. The van der Waals surface area contributed by atoms with Gasteiger partial charge in [-0.25, -0.2) is 0 Å². The Morgan fingerprint density at radius 3 is 2.66 bits per heavy atom. The highest BCUT2D eigenvalue weighted by Gasteiger charge is 2.10. The van der Waals surface area contributed by atoms with Gasteiger partial charge in [-0.3, -0.25) is 9.36 Å². The predicted molar refractivity (Wildman–Crippen MR) is 129 cm³/mol. The Balaban J connectivity index is 1.48. The third-order valence-electron chi connectivity index (χ3n) is 4.36. The van der Waals surface area contributed by atoms with E-state index in [1.54, 1.807) is 0 Å². The van der Waals surface area contributed by atoms with Crippen molar-refractivity contribution >= 4 is 66.6 Å². The minimum absolute atomic E-state index is 0.531. The standard InChI is InChI=1S/C19H21Br2ClN6S/c1-12-17(21)13(2)28(25-12)9-5-8-23-19(29)24-18-15(20)11-27(26-18)10-14-6-3-4-7-16(14)22/h3-4,6-7,11H,5,8-10H2,1-2H3,(H2,23,24,26,29). The molecule has 0 atom stereocenters. The van der Waals surface area contributed by atoms with Gasteiger partial charge in [0.1, 0.15) is 0 Å². The summed E-state index contributed by atoms with van der Waals surface area (Å²) in [7, 11) is 0. The Hall–Kier alpha value is -1.42. The quantitative estimate of drug-likeness (QED) is 0.303. The highest BCUT2D eigenvalue weighted by Crippen LogP contribution is 2.23. The monoisotopic (exact) mass is 558 g/mol. The number of halogens is 3. The first-order valence-electron chi connectivity index (χ1n) is 9.06. The molecule has 0 aliphatic rings. The Morgan fingerprint density at radius 2 is 1.97 bits per heavy atom. The topological polar surface area (TPSA) is 59.7 Å². The van der Waals surface area contributed by atoms with Gasteiger partial charge in [-0.05, 0) is 76.0 Å². The molecule has 2 N–H and O–H groups in total. The SMILES string of the molecule is Cc1nn(CCCNC(=S)Nc2nn(Cc3ccccc3Cl)cc2Br)c(C)c1Br. The van der Waals surface area contributed by atoms with E-state index in [9.17, 15) is 0 Å². The van der Waals surface area contributed by atoms with Crippen LogP contribution < -0.4 is 10.6 Å². The lowest BCUT2D eigenvalue weighted by Crippen LogP contribution is -2.30. The highest BCUT2D eigenvalue weighted by atomic mass is 79.9. The molecule has 0 aliphatic carbocycles. The number of rotatable bonds is 7. The van der Waals surface area contributed by atoms with Crippen molar-refractivity contribution < 1.29 is 0 Å². The number of aryl methyl sites for hydroxylation is 2. The van der Waals surface area contributed by atoms with Crippen LogP contribution in [0.15, 0.2) is 39.4 Å². The minimum Gasteiger partial charge on any atom is -0.362 e. The summed E-state index contributed by atoms with van der Waals surface area (Å²) in [4.78, 5) is 0. The fraction of sp³-hybridized carbons (Fsp3) is 0.316. The van der Waals surface area contributed by atoms with E-state index in [4.69, 9.17) is 23.8 Å². The van der Waals surface area contributed by atoms with Crippen LogP contribution in [0.3, 0.4) is 0 Å². The van der Waals surface area contributed by atoms with E-state index in [0.717, 1.165) is 50.4 Å². The van der Waals surface area contributed by atoms with Crippen LogP contribution in [0, 0.1) is 13.8 Å². The molecule has 2 aromatic heterocycles. The predicted octanol–water partition coefficient (Wildman–Crippen LogP) is 5.30. The molecule has 0 aliphatic heterocycles. The van der Waals surface area contributed by atoms with Crippen molar-refractivity contribution in [1.82, 2.24) is 24.9 Å². The number of anilines is 1. The molecule has 2 heterocycles. The van der Waals surface area contributed by atoms with Gasteiger partial charge in [0.15, 0.2) is 10.9 Å². The maximum Gasteiger partial charge on any atom is 0.172 e. The van der Waals surface area contributed by atoms with Gasteiger partial charge in [0.05, 0.1) is 21.2 Å². The number of aromatic nitrogens is 4. The van der Waals surface area contributed by atoms with Crippen molar-refractivity contribution in [3.8, 4) is 0 Å². The summed E-state index contributed by atoms with van der Waals surface area (Å²) in [6, 6.07) is 7.73. The molecule has 1 aromatic carbocycles. The van der Waals surface area contributed by atoms with E-state index in [0.29, 0.717) is 17.5 Å². The Kier molecular flexibility index (Phi) is 7.72. The molecular formula is C19H21Br2ClN6S. The molecule has 0 amide bonds. The Morgan fingerprint density at radius 1 is 1.21 bits per heavy atom. The van der Waals surface area contributed by atoms with Crippen LogP contribution in [-0.4, -0.2) is 31.2 Å². The number of hydrogen-bond donors (Lipinski definition) is 2. The maximum atomic E-state index is 6.23. The fourth-order valence-electron chi connectivity index (χ4n) is 2.84. The van der Waals surface area contributed by atoms with Gasteiger partial charge in [-0.2, -0.15) is 10.2 Å². The van der Waals surface area contributed by atoms with Crippen molar-refractivity contribution in [3.63, 3.8) is 0 Å². The second-order valence-electron chi connectivity index (χ2n) is 6.56. The van der Waals surface area contributed by atoms with Crippen molar-refractivity contribution in [3.05, 3.63) is 61.4 Å². The molecule has 154 valence electrons. The van der Waals surface area contributed by atoms with Crippen LogP contribution in [0.5, 0.6) is 0 Å². The largest absolute Gasteiger partial charge is 0.362 e. The molecule has 3 rings (SSSR count). The average Bonchev–Trinajstić information content (AvgIpc) is 3.14. The number of nitrogens with zero attached hydrogens (tertiary/aromatic N) is 4. The molecule has 10 heteroatoms. The van der Waals surface area contributed by atoms with Crippen LogP contribution in [0.4, 0.5) is 5.82 Å². The number of thiocarbonyl (C=S) groups is 1. The van der Waals surface area contributed by atoms with Crippen molar-refractivity contribution in [1.29, 1.82) is 0 Å². The average molecular weight is 561 g/mol. The van der Waals surface area contributed by atoms with Gasteiger partial charge < -0.3 is 10.6 Å². The first-order chi connectivity index (χ1) is 13.8. The Labute approximate surface area is 197 Å². The van der Waals surface area contributed by atoms with Crippen molar-refractivity contribution in [2.45, 2.75) is 33.4 Å². The zero-order chi connectivity index (χ0) is 21.0. The summed E-state index contributed by atoms with van der Waals surface area (Å²) in [5.74, 6) is 0.664. The lowest BCUT2D eigenvalue weighted by molar-refractivity contribution is 0.558. The van der Waals surface area contributed by atoms with E-state index >= 15 is 0 Å². The van der Waals surface area contributed by atoms with Gasteiger partial charge >= 0.3 is 0 Å². The molecular weight excluding hydrogens is 540 g/mol. The summed E-state index contributed by atoms with van der Waals surface area (Å²) in [5, 5.41) is 16.7. The fourth-order valence-corrected chi connectivity index (χ4v) is 3.93. The molecule has 0 fully saturated rings. The van der Waals surface area contributed by atoms with E-state index in [2.05, 4.69) is 59.6 Å². The third-order valence-corrected chi connectivity index (χ3v) is 6.71. The summed E-state index contributed by atoms with van der Waals surface area (Å²) < 4.78 is 5.72. The lowest BCUT2D eigenvalue weighted by atomic mass is 10.2. The van der Waals surface area contributed by atoms with Crippen LogP contribution in [0.1, 0.15) is 23.4 Å². The number of hydrogen-bond acceptors (Lipinski definition) is 3. The van der Waals surface area contributed by atoms with E-state index in [1.165, 1.54) is 0 Å². The highest BCUT2D eigenvalue weighted by molar-refractivity contribution is 9.11. The van der Waals surface area contributed by atoms with E-state index in [1.807, 2.05) is 46.7 Å². The zero-order valence-corrected chi connectivity index (χ0v) is 20.8. The maximum absolute atomic E-state index is 6.23. The van der Waals surface area contributed by atoms with Gasteiger partial charge in [0.25, 0.3) is 0 Å². The molecule has 6 nitrogen and oxygen atoms in total. The summed E-state index contributed by atoms with van der Waals surface area (Å²) in [6.07, 6.45) is 2.80. The smallest absolute Gasteiger partial charge is 0.172 e. The molecule has 0 bridgehead atoms. The first kappa shape index (κ1) is 22.3.